The van der Waals surface area contributed by atoms with Crippen LogP contribution in [0, 0.1) is 0 Å². The fourth-order valence-electron chi connectivity index (χ4n) is 2.98. The first-order chi connectivity index (χ1) is 14.5. The summed E-state index contributed by atoms with van der Waals surface area (Å²) in [6, 6.07) is 15.2. The maximum Gasteiger partial charge on any atom is 0.263 e. The average molecular weight is 425 g/mol. The summed E-state index contributed by atoms with van der Waals surface area (Å²) < 4.78 is 11.6. The van der Waals surface area contributed by atoms with Crippen molar-refractivity contribution in [3.63, 3.8) is 0 Å². The quantitative estimate of drug-likeness (QED) is 0.293. The highest BCUT2D eigenvalue weighted by atomic mass is 32.1. The van der Waals surface area contributed by atoms with E-state index in [2.05, 4.69) is 30.5 Å². The van der Waals surface area contributed by atoms with E-state index >= 15 is 0 Å². The Morgan fingerprint density at radius 2 is 1.60 bits per heavy atom. The summed E-state index contributed by atoms with van der Waals surface area (Å²) in [5.41, 5.74) is 1.91. The van der Waals surface area contributed by atoms with E-state index < -0.39 is 11.8 Å². The van der Waals surface area contributed by atoms with Crippen molar-refractivity contribution in [3.8, 4) is 11.5 Å². The highest BCUT2D eigenvalue weighted by Crippen LogP contribution is 2.28. The average Bonchev–Trinajstić information content (AvgIpc) is 2.74. The molecule has 1 atom stereocenters. The van der Waals surface area contributed by atoms with Gasteiger partial charge in [0, 0.05) is 0 Å². The number of benzene rings is 2. The van der Waals surface area contributed by atoms with Crippen molar-refractivity contribution >= 4 is 35.2 Å². The van der Waals surface area contributed by atoms with Gasteiger partial charge in [-0.1, -0.05) is 44.2 Å². The first-order valence-corrected chi connectivity index (χ1v) is 10.2. The van der Waals surface area contributed by atoms with Crippen molar-refractivity contribution in [1.82, 2.24) is 10.6 Å². The molecule has 1 fully saturated rings. The minimum atomic E-state index is -0.515. The second kappa shape index (κ2) is 10.0. The lowest BCUT2D eigenvalue weighted by Gasteiger charge is -2.16. The minimum absolute atomic E-state index is 0.00522. The number of hydrogen-bond donors (Lipinski definition) is 2. The van der Waals surface area contributed by atoms with Crippen LogP contribution in [-0.4, -0.2) is 30.1 Å². The number of rotatable bonds is 8. The highest BCUT2D eigenvalue weighted by molar-refractivity contribution is 7.80. The van der Waals surface area contributed by atoms with Crippen LogP contribution in [0.15, 0.2) is 54.1 Å². The van der Waals surface area contributed by atoms with E-state index in [0.717, 1.165) is 12.2 Å². The Balaban J connectivity index is 1.54. The molecule has 0 unspecified atom stereocenters. The van der Waals surface area contributed by atoms with Crippen molar-refractivity contribution in [2.24, 2.45) is 0 Å². The third kappa shape index (κ3) is 5.45. The summed E-state index contributed by atoms with van der Waals surface area (Å²) in [6.45, 7) is 5.17. The van der Waals surface area contributed by atoms with Gasteiger partial charge >= 0.3 is 0 Å². The third-order valence-corrected chi connectivity index (χ3v) is 5.01. The molecule has 0 aromatic heterocycles. The standard InChI is InChI=1S/C23H24N2O4S/c1-3-15(2)18-6-4-5-7-20(18)29-13-12-28-17-10-8-16(9-11-17)14-19-21(26)24-23(30)25-22(19)27/h4-11,14-15H,3,12-13H2,1-2H3,(H2,24,25,26,27,30)/t15-/m0/s1. The lowest BCUT2D eigenvalue weighted by Crippen LogP contribution is -2.51. The predicted molar refractivity (Wildman–Crippen MR) is 119 cm³/mol. The van der Waals surface area contributed by atoms with Crippen molar-refractivity contribution in [2.45, 2.75) is 26.2 Å². The van der Waals surface area contributed by atoms with E-state index in [9.17, 15) is 9.59 Å². The van der Waals surface area contributed by atoms with Gasteiger partial charge in [-0.25, -0.2) is 0 Å². The molecule has 7 heteroatoms. The molecular weight excluding hydrogens is 400 g/mol. The number of carbonyl (C=O) groups is 2. The molecule has 2 aromatic rings. The molecule has 0 aliphatic carbocycles. The Hall–Kier alpha value is -3.19. The van der Waals surface area contributed by atoms with Gasteiger partial charge in [-0.3, -0.25) is 20.2 Å². The molecule has 1 aliphatic rings. The first-order valence-electron chi connectivity index (χ1n) is 9.81. The molecule has 156 valence electrons. The van der Waals surface area contributed by atoms with Crippen molar-refractivity contribution in [1.29, 1.82) is 0 Å². The number of thiocarbonyl (C=S) groups is 1. The lowest BCUT2D eigenvalue weighted by atomic mass is 9.98. The second-order valence-electron chi connectivity index (χ2n) is 6.91. The van der Waals surface area contributed by atoms with Gasteiger partial charge in [-0.2, -0.15) is 0 Å². The lowest BCUT2D eigenvalue weighted by molar-refractivity contribution is -0.123. The minimum Gasteiger partial charge on any atom is -0.490 e. The van der Waals surface area contributed by atoms with Gasteiger partial charge in [0.25, 0.3) is 11.8 Å². The van der Waals surface area contributed by atoms with Crippen LogP contribution in [0.4, 0.5) is 0 Å². The first kappa shape index (κ1) is 21.5. The van der Waals surface area contributed by atoms with E-state index in [0.29, 0.717) is 30.4 Å². The normalized spacial score (nSPS) is 14.6. The maximum atomic E-state index is 11.9. The van der Waals surface area contributed by atoms with Crippen LogP contribution in [0.1, 0.15) is 37.3 Å². The monoisotopic (exact) mass is 424 g/mol. The Morgan fingerprint density at radius 3 is 2.27 bits per heavy atom. The molecule has 30 heavy (non-hydrogen) atoms. The van der Waals surface area contributed by atoms with Gasteiger partial charge in [0.1, 0.15) is 30.3 Å². The largest absolute Gasteiger partial charge is 0.490 e. The topological polar surface area (TPSA) is 76.7 Å². The predicted octanol–water partition coefficient (Wildman–Crippen LogP) is 3.57. The van der Waals surface area contributed by atoms with E-state index in [4.69, 9.17) is 21.7 Å². The zero-order chi connectivity index (χ0) is 21.5. The Kier molecular flexibility index (Phi) is 7.19. The third-order valence-electron chi connectivity index (χ3n) is 4.81. The molecule has 2 N–H and O–H groups in total. The molecule has 0 saturated carbocycles. The Morgan fingerprint density at radius 1 is 0.967 bits per heavy atom. The number of ether oxygens (including phenoxy) is 2. The van der Waals surface area contributed by atoms with Gasteiger partial charge in [-0.05, 0) is 60.0 Å². The molecular formula is C23H24N2O4S. The summed E-state index contributed by atoms with van der Waals surface area (Å²) in [4.78, 5) is 23.8. The molecule has 0 spiro atoms. The van der Waals surface area contributed by atoms with E-state index in [-0.39, 0.29) is 10.7 Å². The summed E-state index contributed by atoms with van der Waals surface area (Å²) in [7, 11) is 0. The number of para-hydroxylation sites is 1. The number of carbonyl (C=O) groups excluding carboxylic acids is 2. The molecule has 1 saturated heterocycles. The van der Waals surface area contributed by atoms with Gasteiger partial charge in [-0.15, -0.1) is 0 Å². The van der Waals surface area contributed by atoms with Gasteiger partial charge in [0.05, 0.1) is 0 Å². The van der Waals surface area contributed by atoms with Crippen LogP contribution in [-0.2, 0) is 9.59 Å². The van der Waals surface area contributed by atoms with Crippen LogP contribution in [0.5, 0.6) is 11.5 Å². The highest BCUT2D eigenvalue weighted by Gasteiger charge is 2.25. The number of amides is 2. The zero-order valence-corrected chi connectivity index (χ0v) is 17.8. The SMILES string of the molecule is CC[C@H](C)c1ccccc1OCCOc1ccc(C=C2C(=O)NC(=S)NC2=O)cc1. The second-order valence-corrected chi connectivity index (χ2v) is 7.32. The molecule has 1 heterocycles. The van der Waals surface area contributed by atoms with Crippen molar-refractivity contribution in [2.75, 3.05) is 13.2 Å². The summed E-state index contributed by atoms with van der Waals surface area (Å²) >= 11 is 4.78. The summed E-state index contributed by atoms with van der Waals surface area (Å²) in [5, 5.41) is 4.83. The maximum absolute atomic E-state index is 11.9. The molecule has 2 aromatic carbocycles. The molecule has 2 amide bonds. The van der Waals surface area contributed by atoms with Crippen LogP contribution in [0.25, 0.3) is 6.08 Å². The van der Waals surface area contributed by atoms with E-state index in [1.54, 1.807) is 24.3 Å². The van der Waals surface area contributed by atoms with Gasteiger partial charge in [0.15, 0.2) is 5.11 Å². The van der Waals surface area contributed by atoms with E-state index in [1.165, 1.54) is 11.6 Å². The number of nitrogens with one attached hydrogen (secondary N) is 2. The number of hydrogen-bond acceptors (Lipinski definition) is 5. The Labute approximate surface area is 181 Å². The fraction of sp³-hybridized carbons (Fsp3) is 0.261. The Bertz CT molecular complexity index is 947. The van der Waals surface area contributed by atoms with Crippen LogP contribution in [0.2, 0.25) is 0 Å². The summed E-state index contributed by atoms with van der Waals surface area (Å²) in [5.74, 6) is 0.973. The van der Waals surface area contributed by atoms with Gasteiger partial charge < -0.3 is 9.47 Å². The summed E-state index contributed by atoms with van der Waals surface area (Å²) in [6.07, 6.45) is 2.56. The van der Waals surface area contributed by atoms with Crippen LogP contribution in [0.3, 0.4) is 0 Å². The smallest absolute Gasteiger partial charge is 0.263 e. The molecule has 1 aliphatic heterocycles. The zero-order valence-electron chi connectivity index (χ0n) is 16.9. The van der Waals surface area contributed by atoms with Crippen molar-refractivity contribution < 1.29 is 19.1 Å². The van der Waals surface area contributed by atoms with Crippen LogP contribution < -0.4 is 20.1 Å². The fourth-order valence-corrected chi connectivity index (χ4v) is 3.17. The molecule has 0 radical (unpaired) electrons. The molecule has 6 nitrogen and oxygen atoms in total. The van der Waals surface area contributed by atoms with Gasteiger partial charge in [0.2, 0.25) is 0 Å². The molecule has 3 rings (SSSR count). The van der Waals surface area contributed by atoms with Crippen molar-refractivity contribution in [3.05, 3.63) is 65.2 Å². The van der Waals surface area contributed by atoms with E-state index in [1.807, 2.05) is 18.2 Å². The molecule has 0 bridgehead atoms. The van der Waals surface area contributed by atoms with Crippen LogP contribution >= 0.6 is 12.2 Å².